The molecule has 1 heterocycles. The van der Waals surface area contributed by atoms with Crippen molar-refractivity contribution in [3.05, 3.63) is 53.1 Å². The summed E-state index contributed by atoms with van der Waals surface area (Å²) in [5.74, 6) is 1.15. The monoisotopic (exact) mass is 411 g/mol. The maximum atomic E-state index is 12.9. The number of aryl methyl sites for hydroxylation is 2. The first-order valence-corrected chi connectivity index (χ1v) is 10.0. The highest BCUT2D eigenvalue weighted by molar-refractivity contribution is 6.10. The van der Waals surface area contributed by atoms with Gasteiger partial charge in [0.25, 0.3) is 5.91 Å². The zero-order valence-corrected chi connectivity index (χ0v) is 18.0. The molecule has 30 heavy (non-hydrogen) atoms. The van der Waals surface area contributed by atoms with Crippen molar-refractivity contribution in [1.29, 1.82) is 0 Å². The summed E-state index contributed by atoms with van der Waals surface area (Å²) < 4.78 is 16.2. The summed E-state index contributed by atoms with van der Waals surface area (Å²) in [7, 11) is 3.09. The van der Waals surface area contributed by atoms with Gasteiger partial charge in [-0.25, -0.2) is 4.99 Å². The fraction of sp³-hybridized carbons (Fsp3) is 0.391. The Bertz CT molecular complexity index is 921. The van der Waals surface area contributed by atoms with Gasteiger partial charge in [-0.2, -0.15) is 0 Å². The number of carbonyl (C=O) groups excluding carboxylic acids is 1. The van der Waals surface area contributed by atoms with Crippen LogP contribution in [0.4, 0.5) is 5.69 Å². The Morgan fingerprint density at radius 3 is 2.63 bits per heavy atom. The standard InChI is InChI=1S/C23H29N3O4/c1-15-7-8-16(2)19(12-15)25-23(24-14-18-6-5-11-30-18)26-22(27)17-9-10-20(28-3)21(13-17)29-4/h7-10,12-13,18H,5-6,11,14H2,1-4H3,(H2,24,25,26,27). The van der Waals surface area contributed by atoms with Crippen molar-refractivity contribution in [2.24, 2.45) is 4.99 Å². The van der Waals surface area contributed by atoms with Crippen molar-refractivity contribution in [1.82, 2.24) is 5.32 Å². The number of ether oxygens (including phenoxy) is 3. The Labute approximate surface area is 177 Å². The molecule has 0 saturated carbocycles. The first-order chi connectivity index (χ1) is 14.5. The topological polar surface area (TPSA) is 81.2 Å². The molecule has 2 N–H and O–H groups in total. The molecular weight excluding hydrogens is 382 g/mol. The number of hydrogen-bond acceptors (Lipinski definition) is 5. The normalized spacial score (nSPS) is 16.3. The van der Waals surface area contributed by atoms with Crippen molar-refractivity contribution in [3.63, 3.8) is 0 Å². The number of aliphatic imine (C=N–C) groups is 1. The van der Waals surface area contributed by atoms with Gasteiger partial charge in [-0.15, -0.1) is 0 Å². The molecule has 2 aromatic rings. The number of guanidine groups is 1. The van der Waals surface area contributed by atoms with E-state index in [-0.39, 0.29) is 12.0 Å². The van der Waals surface area contributed by atoms with Crippen LogP contribution in [0.15, 0.2) is 41.4 Å². The fourth-order valence-electron chi connectivity index (χ4n) is 3.25. The molecule has 1 atom stereocenters. The molecule has 1 fully saturated rings. The SMILES string of the molecule is COc1ccc(C(=O)NC(=NCC2CCCO2)Nc2cc(C)ccc2C)cc1OC. The van der Waals surface area contributed by atoms with Crippen LogP contribution in [-0.2, 0) is 4.74 Å². The average Bonchev–Trinajstić information content (AvgIpc) is 3.27. The smallest absolute Gasteiger partial charge is 0.258 e. The van der Waals surface area contributed by atoms with Crippen LogP contribution in [0.2, 0.25) is 0 Å². The van der Waals surface area contributed by atoms with Gasteiger partial charge in [0.1, 0.15) is 0 Å². The van der Waals surface area contributed by atoms with Crippen LogP contribution in [0, 0.1) is 13.8 Å². The number of nitrogens with zero attached hydrogens (tertiary/aromatic N) is 1. The molecule has 7 nitrogen and oxygen atoms in total. The summed E-state index contributed by atoms with van der Waals surface area (Å²) in [5.41, 5.74) is 3.52. The van der Waals surface area contributed by atoms with Crippen LogP contribution >= 0.6 is 0 Å². The Kier molecular flexibility index (Phi) is 7.30. The van der Waals surface area contributed by atoms with Gasteiger partial charge in [-0.1, -0.05) is 12.1 Å². The summed E-state index contributed by atoms with van der Waals surface area (Å²) in [4.78, 5) is 17.5. The van der Waals surface area contributed by atoms with Gasteiger partial charge < -0.3 is 19.5 Å². The second-order valence-corrected chi connectivity index (χ2v) is 7.29. The van der Waals surface area contributed by atoms with Gasteiger partial charge in [0.15, 0.2) is 11.5 Å². The predicted molar refractivity (Wildman–Crippen MR) is 118 cm³/mol. The molecule has 1 unspecified atom stereocenters. The minimum Gasteiger partial charge on any atom is -0.493 e. The molecule has 0 bridgehead atoms. The molecule has 3 rings (SSSR count). The lowest BCUT2D eigenvalue weighted by molar-refractivity contribution is 0.0975. The van der Waals surface area contributed by atoms with E-state index in [1.54, 1.807) is 25.3 Å². The van der Waals surface area contributed by atoms with Gasteiger partial charge in [0.05, 0.1) is 26.9 Å². The Hall–Kier alpha value is -3.06. The molecule has 0 spiro atoms. The third-order valence-electron chi connectivity index (χ3n) is 5.00. The van der Waals surface area contributed by atoms with Crippen LogP contribution in [0.3, 0.4) is 0 Å². The third-order valence-corrected chi connectivity index (χ3v) is 5.00. The number of amides is 1. The zero-order valence-electron chi connectivity index (χ0n) is 18.0. The van der Waals surface area contributed by atoms with E-state index in [0.717, 1.165) is 36.3 Å². The van der Waals surface area contributed by atoms with E-state index in [1.807, 2.05) is 32.0 Å². The number of rotatable bonds is 6. The summed E-state index contributed by atoms with van der Waals surface area (Å²) in [6, 6.07) is 11.1. The second kappa shape index (κ2) is 10.1. The van der Waals surface area contributed by atoms with E-state index in [9.17, 15) is 4.79 Å². The number of methoxy groups -OCH3 is 2. The maximum absolute atomic E-state index is 12.9. The lowest BCUT2D eigenvalue weighted by Crippen LogP contribution is -2.37. The van der Waals surface area contributed by atoms with E-state index in [4.69, 9.17) is 14.2 Å². The molecule has 0 aliphatic carbocycles. The lowest BCUT2D eigenvalue weighted by Gasteiger charge is -2.16. The van der Waals surface area contributed by atoms with E-state index in [2.05, 4.69) is 15.6 Å². The van der Waals surface area contributed by atoms with Crippen molar-refractivity contribution >= 4 is 17.6 Å². The molecule has 2 aromatic carbocycles. The highest BCUT2D eigenvalue weighted by Crippen LogP contribution is 2.27. The van der Waals surface area contributed by atoms with Gasteiger partial charge in [0.2, 0.25) is 5.96 Å². The molecule has 1 amide bonds. The van der Waals surface area contributed by atoms with Gasteiger partial charge in [-0.05, 0) is 62.1 Å². The molecule has 1 saturated heterocycles. The zero-order chi connectivity index (χ0) is 21.5. The van der Waals surface area contributed by atoms with Crippen LogP contribution < -0.4 is 20.1 Å². The van der Waals surface area contributed by atoms with Crippen LogP contribution in [0.25, 0.3) is 0 Å². The van der Waals surface area contributed by atoms with E-state index < -0.39 is 0 Å². The number of anilines is 1. The predicted octanol–water partition coefficient (Wildman–Crippen LogP) is 3.70. The molecule has 160 valence electrons. The average molecular weight is 412 g/mol. The van der Waals surface area contributed by atoms with Crippen molar-refractivity contribution in [2.75, 3.05) is 32.7 Å². The van der Waals surface area contributed by atoms with Crippen LogP contribution in [0.1, 0.15) is 34.3 Å². The minimum absolute atomic E-state index is 0.0818. The van der Waals surface area contributed by atoms with Crippen LogP contribution in [-0.4, -0.2) is 45.3 Å². The Morgan fingerprint density at radius 1 is 1.13 bits per heavy atom. The molecular formula is C23H29N3O4. The number of nitrogens with one attached hydrogen (secondary N) is 2. The summed E-state index contributed by atoms with van der Waals surface area (Å²) in [5, 5.41) is 6.16. The number of carbonyl (C=O) groups is 1. The van der Waals surface area contributed by atoms with Gasteiger partial charge in [-0.3, -0.25) is 10.1 Å². The molecule has 1 aliphatic rings. The first kappa shape index (κ1) is 21.6. The van der Waals surface area contributed by atoms with Crippen molar-refractivity contribution in [3.8, 4) is 11.5 Å². The summed E-state index contributed by atoms with van der Waals surface area (Å²) >= 11 is 0. The maximum Gasteiger partial charge on any atom is 0.258 e. The van der Waals surface area contributed by atoms with Crippen molar-refractivity contribution in [2.45, 2.75) is 32.8 Å². The van der Waals surface area contributed by atoms with Crippen LogP contribution in [0.5, 0.6) is 11.5 Å². The first-order valence-electron chi connectivity index (χ1n) is 10.0. The number of hydrogen-bond donors (Lipinski definition) is 2. The highest BCUT2D eigenvalue weighted by Gasteiger charge is 2.17. The molecule has 1 aliphatic heterocycles. The van der Waals surface area contributed by atoms with E-state index in [1.165, 1.54) is 7.11 Å². The van der Waals surface area contributed by atoms with E-state index in [0.29, 0.717) is 29.6 Å². The van der Waals surface area contributed by atoms with Crippen molar-refractivity contribution < 1.29 is 19.0 Å². The second-order valence-electron chi connectivity index (χ2n) is 7.29. The Morgan fingerprint density at radius 2 is 1.93 bits per heavy atom. The Balaban J connectivity index is 1.81. The minimum atomic E-state index is -0.292. The fourth-order valence-corrected chi connectivity index (χ4v) is 3.25. The largest absolute Gasteiger partial charge is 0.493 e. The molecule has 7 heteroatoms. The van der Waals surface area contributed by atoms with Gasteiger partial charge >= 0.3 is 0 Å². The quantitative estimate of drug-likeness (QED) is 0.560. The lowest BCUT2D eigenvalue weighted by atomic mass is 10.1. The summed E-state index contributed by atoms with van der Waals surface area (Å²) in [6.07, 6.45) is 2.10. The molecule has 0 aromatic heterocycles. The summed E-state index contributed by atoms with van der Waals surface area (Å²) in [6.45, 7) is 5.28. The van der Waals surface area contributed by atoms with Gasteiger partial charge in [0, 0.05) is 17.9 Å². The highest BCUT2D eigenvalue weighted by atomic mass is 16.5. The van der Waals surface area contributed by atoms with E-state index >= 15 is 0 Å². The third kappa shape index (κ3) is 5.51. The number of benzene rings is 2. The molecule has 0 radical (unpaired) electrons.